The fraction of sp³-hybridized carbons (Fsp3) is 0.400. The Labute approximate surface area is 123 Å². The quantitative estimate of drug-likeness (QED) is 0.893. The van der Waals surface area contributed by atoms with Gasteiger partial charge in [0.05, 0.1) is 5.69 Å². The lowest BCUT2D eigenvalue weighted by Gasteiger charge is -2.35. The van der Waals surface area contributed by atoms with Crippen molar-refractivity contribution in [1.29, 1.82) is 5.26 Å². The summed E-state index contributed by atoms with van der Waals surface area (Å²) < 4.78 is 0. The number of imidazole rings is 1. The fourth-order valence-electron chi connectivity index (χ4n) is 2.86. The fourth-order valence-corrected chi connectivity index (χ4v) is 2.86. The molecule has 2 aromatic rings. The molecule has 2 N–H and O–H groups in total. The second-order valence-corrected chi connectivity index (χ2v) is 5.23. The van der Waals surface area contributed by atoms with E-state index in [0.717, 1.165) is 31.6 Å². The highest BCUT2D eigenvalue weighted by Crippen LogP contribution is 2.31. The lowest BCUT2D eigenvalue weighted by molar-refractivity contribution is 0.0857. The summed E-state index contributed by atoms with van der Waals surface area (Å²) in [6.07, 6.45) is 6.19. The number of H-pyrrole nitrogens is 1. The number of nitrogens with one attached hydrogen (secondary N) is 1. The standard InChI is InChI=1S/C15H17N5O/c16-10-12-13(2-1-5-17-12)20-8-3-11(4-9-20)14(21)15-18-6-7-19-15/h1-2,5-7,11,14,21H,3-4,8-9H2,(H,18,19). The molecule has 21 heavy (non-hydrogen) atoms. The van der Waals surface area contributed by atoms with E-state index in [4.69, 9.17) is 5.26 Å². The van der Waals surface area contributed by atoms with E-state index >= 15 is 0 Å². The third-order valence-corrected chi connectivity index (χ3v) is 4.02. The van der Waals surface area contributed by atoms with Crippen molar-refractivity contribution in [3.8, 4) is 6.07 Å². The summed E-state index contributed by atoms with van der Waals surface area (Å²) in [4.78, 5) is 13.4. The van der Waals surface area contributed by atoms with Gasteiger partial charge in [0.2, 0.25) is 0 Å². The summed E-state index contributed by atoms with van der Waals surface area (Å²) in [6, 6.07) is 5.90. The molecule has 3 rings (SSSR count). The molecule has 1 aliphatic heterocycles. The van der Waals surface area contributed by atoms with Gasteiger partial charge in [0.25, 0.3) is 0 Å². The van der Waals surface area contributed by atoms with Gasteiger partial charge in [0, 0.05) is 31.7 Å². The average Bonchev–Trinajstić information content (AvgIpc) is 3.09. The number of anilines is 1. The van der Waals surface area contributed by atoms with Crippen molar-refractivity contribution in [1.82, 2.24) is 15.0 Å². The number of pyridine rings is 1. The Kier molecular flexibility index (Phi) is 3.84. The van der Waals surface area contributed by atoms with Gasteiger partial charge in [-0.3, -0.25) is 0 Å². The van der Waals surface area contributed by atoms with Gasteiger partial charge in [-0.1, -0.05) is 0 Å². The monoisotopic (exact) mass is 283 g/mol. The maximum absolute atomic E-state index is 10.3. The van der Waals surface area contributed by atoms with Crippen LogP contribution in [0.5, 0.6) is 0 Å². The normalized spacial score (nSPS) is 17.4. The third-order valence-electron chi connectivity index (χ3n) is 4.02. The van der Waals surface area contributed by atoms with Crippen LogP contribution in [0.25, 0.3) is 0 Å². The van der Waals surface area contributed by atoms with E-state index in [0.29, 0.717) is 11.5 Å². The number of aromatic nitrogens is 3. The van der Waals surface area contributed by atoms with Gasteiger partial charge < -0.3 is 15.0 Å². The van der Waals surface area contributed by atoms with Gasteiger partial charge >= 0.3 is 0 Å². The number of hydrogen-bond acceptors (Lipinski definition) is 5. The summed E-state index contributed by atoms with van der Waals surface area (Å²) in [5, 5.41) is 19.4. The molecule has 2 aromatic heterocycles. The molecule has 1 unspecified atom stereocenters. The van der Waals surface area contributed by atoms with Crippen molar-refractivity contribution >= 4 is 5.69 Å². The molecule has 0 bridgehead atoms. The maximum atomic E-state index is 10.3. The molecule has 0 aliphatic carbocycles. The summed E-state index contributed by atoms with van der Waals surface area (Å²) in [5.74, 6) is 0.821. The van der Waals surface area contributed by atoms with Crippen LogP contribution >= 0.6 is 0 Å². The predicted molar refractivity (Wildman–Crippen MR) is 77.4 cm³/mol. The van der Waals surface area contributed by atoms with E-state index in [1.165, 1.54) is 0 Å². The van der Waals surface area contributed by atoms with Gasteiger partial charge in [-0.2, -0.15) is 5.26 Å². The van der Waals surface area contributed by atoms with Gasteiger partial charge in [-0.05, 0) is 30.9 Å². The van der Waals surface area contributed by atoms with Crippen LogP contribution in [-0.4, -0.2) is 33.1 Å². The van der Waals surface area contributed by atoms with Crippen molar-refractivity contribution in [3.63, 3.8) is 0 Å². The minimum Gasteiger partial charge on any atom is -0.385 e. The largest absolute Gasteiger partial charge is 0.385 e. The molecule has 6 nitrogen and oxygen atoms in total. The van der Waals surface area contributed by atoms with Crippen molar-refractivity contribution in [3.05, 3.63) is 42.2 Å². The van der Waals surface area contributed by atoms with E-state index in [-0.39, 0.29) is 5.92 Å². The minimum atomic E-state index is -0.550. The molecule has 3 heterocycles. The zero-order chi connectivity index (χ0) is 14.7. The van der Waals surface area contributed by atoms with Gasteiger partial charge in [-0.25, -0.2) is 9.97 Å². The third kappa shape index (κ3) is 2.73. The zero-order valence-corrected chi connectivity index (χ0v) is 11.6. The van der Waals surface area contributed by atoms with Crippen LogP contribution in [0.4, 0.5) is 5.69 Å². The van der Waals surface area contributed by atoms with Crippen molar-refractivity contribution in [2.24, 2.45) is 5.92 Å². The number of aliphatic hydroxyl groups excluding tert-OH is 1. The Balaban J connectivity index is 1.67. The van der Waals surface area contributed by atoms with E-state index in [2.05, 4.69) is 25.9 Å². The number of hydrogen-bond donors (Lipinski definition) is 2. The molecule has 1 atom stereocenters. The number of aromatic amines is 1. The Morgan fingerprint density at radius 1 is 1.33 bits per heavy atom. The predicted octanol–water partition coefficient (Wildman–Crippen LogP) is 1.63. The Bertz CT molecular complexity index is 626. The van der Waals surface area contributed by atoms with Crippen LogP contribution < -0.4 is 4.90 Å². The number of aliphatic hydroxyl groups is 1. The minimum absolute atomic E-state index is 0.189. The first kappa shape index (κ1) is 13.6. The number of rotatable bonds is 3. The second kappa shape index (κ2) is 5.94. The maximum Gasteiger partial charge on any atom is 0.163 e. The van der Waals surface area contributed by atoms with Crippen LogP contribution in [-0.2, 0) is 0 Å². The van der Waals surface area contributed by atoms with E-state index in [1.807, 2.05) is 12.1 Å². The first-order valence-corrected chi connectivity index (χ1v) is 7.07. The van der Waals surface area contributed by atoms with Gasteiger partial charge in [-0.15, -0.1) is 0 Å². The molecule has 6 heteroatoms. The highest BCUT2D eigenvalue weighted by Gasteiger charge is 2.28. The highest BCUT2D eigenvalue weighted by molar-refractivity contribution is 5.55. The molecule has 1 saturated heterocycles. The Morgan fingerprint density at radius 2 is 2.14 bits per heavy atom. The van der Waals surface area contributed by atoms with E-state index < -0.39 is 6.10 Å². The molecule has 0 saturated carbocycles. The van der Waals surface area contributed by atoms with Crippen molar-refractivity contribution in [2.75, 3.05) is 18.0 Å². The van der Waals surface area contributed by atoms with E-state index in [9.17, 15) is 5.11 Å². The smallest absolute Gasteiger partial charge is 0.163 e. The Morgan fingerprint density at radius 3 is 2.81 bits per heavy atom. The molecule has 1 fully saturated rings. The molecule has 1 aliphatic rings. The van der Waals surface area contributed by atoms with Gasteiger partial charge in [0.15, 0.2) is 5.69 Å². The second-order valence-electron chi connectivity index (χ2n) is 5.23. The highest BCUT2D eigenvalue weighted by atomic mass is 16.3. The van der Waals surface area contributed by atoms with E-state index in [1.54, 1.807) is 18.6 Å². The molecule has 0 amide bonds. The Hall–Kier alpha value is -2.39. The topological polar surface area (TPSA) is 88.8 Å². The number of nitrogens with zero attached hydrogens (tertiary/aromatic N) is 4. The SMILES string of the molecule is N#Cc1ncccc1N1CCC(C(O)c2ncc[nH]2)CC1. The average molecular weight is 283 g/mol. The summed E-state index contributed by atoms with van der Waals surface area (Å²) in [5.41, 5.74) is 1.34. The van der Waals surface area contributed by atoms with Crippen molar-refractivity contribution < 1.29 is 5.11 Å². The van der Waals surface area contributed by atoms with Crippen LogP contribution in [0.15, 0.2) is 30.7 Å². The lowest BCUT2D eigenvalue weighted by Crippen LogP contribution is -2.36. The first-order valence-electron chi connectivity index (χ1n) is 7.07. The lowest BCUT2D eigenvalue weighted by atomic mass is 9.90. The van der Waals surface area contributed by atoms with Crippen LogP contribution in [0.3, 0.4) is 0 Å². The summed E-state index contributed by atoms with van der Waals surface area (Å²) in [7, 11) is 0. The molecular formula is C15H17N5O. The summed E-state index contributed by atoms with van der Waals surface area (Å²) in [6.45, 7) is 1.62. The molecule has 0 spiro atoms. The molecule has 0 aromatic carbocycles. The molecular weight excluding hydrogens is 266 g/mol. The number of nitriles is 1. The van der Waals surface area contributed by atoms with Crippen LogP contribution in [0.2, 0.25) is 0 Å². The first-order chi connectivity index (χ1) is 10.3. The van der Waals surface area contributed by atoms with Gasteiger partial charge in [0.1, 0.15) is 18.0 Å². The molecule has 0 radical (unpaired) electrons. The molecule has 108 valence electrons. The summed E-state index contributed by atoms with van der Waals surface area (Å²) >= 11 is 0. The number of piperidine rings is 1. The zero-order valence-electron chi connectivity index (χ0n) is 11.6. The van der Waals surface area contributed by atoms with Crippen LogP contribution in [0.1, 0.15) is 30.5 Å². The van der Waals surface area contributed by atoms with Crippen molar-refractivity contribution in [2.45, 2.75) is 18.9 Å². The van der Waals surface area contributed by atoms with Crippen LogP contribution in [0, 0.1) is 17.2 Å².